The van der Waals surface area contributed by atoms with Gasteiger partial charge in [-0.15, -0.1) is 0 Å². The monoisotopic (exact) mass is 157 g/mol. The molecule has 66 valence electrons. The molecule has 1 aliphatic rings. The minimum Gasteiger partial charge on any atom is -0.391 e. The fourth-order valence-corrected chi connectivity index (χ4v) is 1.81. The van der Waals surface area contributed by atoms with Gasteiger partial charge in [0.25, 0.3) is 0 Å². The Morgan fingerprint density at radius 1 is 1.45 bits per heavy atom. The lowest BCUT2D eigenvalue weighted by Crippen LogP contribution is -2.39. The minimum absolute atomic E-state index is 0.137. The van der Waals surface area contributed by atoms with Gasteiger partial charge in [0.1, 0.15) is 0 Å². The largest absolute Gasteiger partial charge is 0.391 e. The van der Waals surface area contributed by atoms with Crippen LogP contribution in [0.3, 0.4) is 0 Å². The van der Waals surface area contributed by atoms with Crippen LogP contribution in [0, 0.1) is 5.92 Å². The van der Waals surface area contributed by atoms with Gasteiger partial charge < -0.3 is 10.0 Å². The molecule has 0 amide bonds. The Balaban J connectivity index is 2.45. The summed E-state index contributed by atoms with van der Waals surface area (Å²) < 4.78 is 0. The number of nitrogens with zero attached hydrogens (tertiary/aromatic N) is 1. The highest BCUT2D eigenvalue weighted by Crippen LogP contribution is 2.21. The van der Waals surface area contributed by atoms with Crippen molar-refractivity contribution in [3.63, 3.8) is 0 Å². The van der Waals surface area contributed by atoms with E-state index in [1.807, 2.05) is 0 Å². The molecule has 2 nitrogen and oxygen atoms in total. The number of hydrogen-bond acceptors (Lipinski definition) is 2. The Hall–Kier alpha value is -0.0800. The number of likely N-dealkylation sites (tertiary alicyclic amines) is 1. The van der Waals surface area contributed by atoms with Crippen molar-refractivity contribution in [1.29, 1.82) is 0 Å². The number of rotatable bonds is 2. The van der Waals surface area contributed by atoms with Crippen LogP contribution in [-0.2, 0) is 0 Å². The normalized spacial score (nSPS) is 29.7. The zero-order valence-corrected chi connectivity index (χ0v) is 7.75. The molecule has 1 N–H and O–H groups in total. The van der Waals surface area contributed by atoms with Crippen LogP contribution in [-0.4, -0.2) is 35.7 Å². The summed E-state index contributed by atoms with van der Waals surface area (Å²) in [7, 11) is 2.10. The van der Waals surface area contributed by atoms with Gasteiger partial charge in [-0.25, -0.2) is 0 Å². The van der Waals surface area contributed by atoms with Gasteiger partial charge in [-0.05, 0) is 32.4 Å². The van der Waals surface area contributed by atoms with Gasteiger partial charge in [0, 0.05) is 6.04 Å². The van der Waals surface area contributed by atoms with Crippen molar-refractivity contribution in [2.24, 2.45) is 5.92 Å². The third-order valence-corrected chi connectivity index (χ3v) is 2.65. The number of hydrogen-bond donors (Lipinski definition) is 1. The third-order valence-electron chi connectivity index (χ3n) is 2.65. The van der Waals surface area contributed by atoms with Crippen molar-refractivity contribution in [2.45, 2.75) is 38.8 Å². The number of aliphatic hydroxyl groups excluding tert-OH is 1. The smallest absolute Gasteiger partial charge is 0.0718 e. The van der Waals surface area contributed by atoms with Crippen LogP contribution in [0.25, 0.3) is 0 Å². The van der Waals surface area contributed by atoms with E-state index in [1.54, 1.807) is 0 Å². The molecule has 0 aromatic heterocycles. The van der Waals surface area contributed by atoms with Gasteiger partial charge in [-0.1, -0.05) is 13.8 Å². The second-order valence-corrected chi connectivity index (χ2v) is 3.92. The van der Waals surface area contributed by atoms with E-state index in [4.69, 9.17) is 0 Å². The molecule has 1 saturated heterocycles. The van der Waals surface area contributed by atoms with Gasteiger partial charge in [-0.3, -0.25) is 0 Å². The fourth-order valence-electron chi connectivity index (χ4n) is 1.81. The van der Waals surface area contributed by atoms with Gasteiger partial charge in [-0.2, -0.15) is 0 Å². The summed E-state index contributed by atoms with van der Waals surface area (Å²) in [5.41, 5.74) is 0. The molecule has 1 aliphatic heterocycles. The predicted octanol–water partition coefficient (Wildman–Crippen LogP) is 1.10. The Morgan fingerprint density at radius 3 is 2.45 bits per heavy atom. The van der Waals surface area contributed by atoms with Crippen molar-refractivity contribution >= 4 is 0 Å². The van der Waals surface area contributed by atoms with E-state index in [2.05, 4.69) is 25.8 Å². The second-order valence-electron chi connectivity index (χ2n) is 3.92. The first-order valence-corrected chi connectivity index (χ1v) is 4.51. The molecule has 2 atom stereocenters. The molecule has 0 aliphatic carbocycles. The van der Waals surface area contributed by atoms with E-state index in [9.17, 15) is 5.11 Å². The lowest BCUT2D eigenvalue weighted by molar-refractivity contribution is 0.0492. The van der Waals surface area contributed by atoms with Gasteiger partial charge >= 0.3 is 0 Å². The highest BCUT2D eigenvalue weighted by atomic mass is 16.3. The van der Waals surface area contributed by atoms with Crippen molar-refractivity contribution in [2.75, 3.05) is 13.6 Å². The summed E-state index contributed by atoms with van der Waals surface area (Å²) in [4.78, 5) is 2.27. The first kappa shape index (κ1) is 9.01. The maximum atomic E-state index is 9.75. The van der Waals surface area contributed by atoms with Crippen LogP contribution in [0.1, 0.15) is 26.7 Å². The summed E-state index contributed by atoms with van der Waals surface area (Å²) >= 11 is 0. The molecule has 0 aromatic carbocycles. The average molecular weight is 157 g/mol. The topological polar surface area (TPSA) is 23.5 Å². The Bertz CT molecular complexity index is 125. The molecule has 0 aromatic rings. The van der Waals surface area contributed by atoms with E-state index in [1.165, 1.54) is 6.42 Å². The summed E-state index contributed by atoms with van der Waals surface area (Å²) in [5.74, 6) is 0.389. The quantitative estimate of drug-likeness (QED) is 0.649. The molecule has 1 fully saturated rings. The SMILES string of the molecule is CC(C)C(O)C1CCCN1C. The standard InChI is InChI=1S/C9H19NO/c1-7(2)9(11)8-5-4-6-10(8)3/h7-9,11H,4-6H2,1-3H3. The Morgan fingerprint density at radius 2 is 2.09 bits per heavy atom. The van der Waals surface area contributed by atoms with Crippen molar-refractivity contribution < 1.29 is 5.11 Å². The molecule has 1 heterocycles. The predicted molar refractivity (Wildman–Crippen MR) is 46.5 cm³/mol. The van der Waals surface area contributed by atoms with Crippen molar-refractivity contribution in [3.8, 4) is 0 Å². The lowest BCUT2D eigenvalue weighted by atomic mass is 9.98. The molecule has 0 spiro atoms. The van der Waals surface area contributed by atoms with E-state index < -0.39 is 0 Å². The van der Waals surface area contributed by atoms with Crippen LogP contribution < -0.4 is 0 Å². The molecule has 0 bridgehead atoms. The molecular formula is C9H19NO. The highest BCUT2D eigenvalue weighted by molar-refractivity contribution is 4.84. The molecule has 11 heavy (non-hydrogen) atoms. The molecular weight excluding hydrogens is 138 g/mol. The molecule has 2 unspecified atom stereocenters. The molecule has 1 rings (SSSR count). The van der Waals surface area contributed by atoms with E-state index in [-0.39, 0.29) is 6.10 Å². The minimum atomic E-state index is -0.137. The Kier molecular flexibility index (Phi) is 2.90. The molecule has 2 heteroatoms. The number of aliphatic hydroxyl groups is 1. The first-order valence-electron chi connectivity index (χ1n) is 4.51. The van der Waals surface area contributed by atoms with Gasteiger partial charge in [0.2, 0.25) is 0 Å². The van der Waals surface area contributed by atoms with Crippen LogP contribution >= 0.6 is 0 Å². The fraction of sp³-hybridized carbons (Fsp3) is 1.00. The van der Waals surface area contributed by atoms with Crippen molar-refractivity contribution in [3.05, 3.63) is 0 Å². The van der Waals surface area contributed by atoms with E-state index in [0.717, 1.165) is 13.0 Å². The third kappa shape index (κ3) is 1.94. The second kappa shape index (κ2) is 3.55. The lowest BCUT2D eigenvalue weighted by Gasteiger charge is -2.27. The van der Waals surface area contributed by atoms with Gasteiger partial charge in [0.05, 0.1) is 6.10 Å². The van der Waals surface area contributed by atoms with Gasteiger partial charge in [0.15, 0.2) is 0 Å². The zero-order chi connectivity index (χ0) is 8.43. The highest BCUT2D eigenvalue weighted by Gasteiger charge is 2.29. The van der Waals surface area contributed by atoms with Crippen LogP contribution in [0.5, 0.6) is 0 Å². The first-order chi connectivity index (χ1) is 5.13. The zero-order valence-electron chi connectivity index (χ0n) is 7.75. The maximum absolute atomic E-state index is 9.75. The molecule has 0 saturated carbocycles. The summed E-state index contributed by atoms with van der Waals surface area (Å²) in [6.07, 6.45) is 2.27. The van der Waals surface area contributed by atoms with E-state index in [0.29, 0.717) is 12.0 Å². The summed E-state index contributed by atoms with van der Waals surface area (Å²) in [5, 5.41) is 9.75. The van der Waals surface area contributed by atoms with Crippen LogP contribution in [0.4, 0.5) is 0 Å². The number of likely N-dealkylation sites (N-methyl/N-ethyl adjacent to an activating group) is 1. The Labute approximate surface area is 69.2 Å². The average Bonchev–Trinajstić information content (AvgIpc) is 2.33. The van der Waals surface area contributed by atoms with Crippen LogP contribution in [0.15, 0.2) is 0 Å². The van der Waals surface area contributed by atoms with Crippen molar-refractivity contribution in [1.82, 2.24) is 4.90 Å². The van der Waals surface area contributed by atoms with Crippen LogP contribution in [0.2, 0.25) is 0 Å². The maximum Gasteiger partial charge on any atom is 0.0718 e. The summed E-state index contributed by atoms with van der Waals surface area (Å²) in [6.45, 7) is 5.31. The van der Waals surface area contributed by atoms with E-state index >= 15 is 0 Å². The summed E-state index contributed by atoms with van der Waals surface area (Å²) in [6, 6.07) is 0.412. The molecule has 0 radical (unpaired) electrons.